The fourth-order valence-electron chi connectivity index (χ4n) is 4.01. The number of aryl methyl sites for hydroxylation is 1. The smallest absolute Gasteiger partial charge is 0.157 e. The zero-order valence-corrected chi connectivity index (χ0v) is 13.2. The van der Waals surface area contributed by atoms with Crippen LogP contribution in [-0.4, -0.2) is 52.0 Å². The van der Waals surface area contributed by atoms with Crippen LogP contribution in [0.4, 0.5) is 0 Å². The first-order valence-corrected chi connectivity index (χ1v) is 8.42. The summed E-state index contributed by atoms with van der Waals surface area (Å²) >= 11 is 0. The van der Waals surface area contributed by atoms with Crippen molar-refractivity contribution in [2.45, 2.75) is 37.6 Å². The van der Waals surface area contributed by atoms with Gasteiger partial charge in [0.15, 0.2) is 5.65 Å². The van der Waals surface area contributed by atoms with E-state index in [2.05, 4.69) is 16.0 Å². The minimum Gasteiger partial charge on any atom is -0.381 e. The van der Waals surface area contributed by atoms with Crippen LogP contribution in [-0.2, 0) is 11.8 Å². The third kappa shape index (κ3) is 2.52. The van der Waals surface area contributed by atoms with Gasteiger partial charge in [0.2, 0.25) is 0 Å². The van der Waals surface area contributed by atoms with Crippen molar-refractivity contribution < 1.29 is 4.74 Å². The highest BCUT2D eigenvalue weighted by molar-refractivity contribution is 5.78. The lowest BCUT2D eigenvalue weighted by molar-refractivity contribution is 0.0250. The van der Waals surface area contributed by atoms with E-state index in [1.54, 1.807) is 0 Å². The third-order valence-electron chi connectivity index (χ3n) is 5.25. The standard InChI is InChI=1S/C17H24N4O/c1-20-17-15(3-2-8-18-17)16(19-20)13-4-9-21(10-5-13)14-6-11-22-12-7-14/h2-3,8,13-14H,4-7,9-12H2,1H3. The quantitative estimate of drug-likeness (QED) is 0.854. The predicted molar refractivity (Wildman–Crippen MR) is 85.9 cm³/mol. The zero-order valence-electron chi connectivity index (χ0n) is 13.2. The molecule has 2 fully saturated rings. The van der Waals surface area contributed by atoms with Crippen molar-refractivity contribution in [2.75, 3.05) is 26.3 Å². The monoisotopic (exact) mass is 300 g/mol. The molecule has 4 heterocycles. The maximum atomic E-state index is 5.49. The summed E-state index contributed by atoms with van der Waals surface area (Å²) in [5.74, 6) is 0.573. The van der Waals surface area contributed by atoms with Crippen LogP contribution in [0.3, 0.4) is 0 Å². The third-order valence-corrected chi connectivity index (χ3v) is 5.25. The highest BCUT2D eigenvalue weighted by atomic mass is 16.5. The molecule has 0 bridgehead atoms. The van der Waals surface area contributed by atoms with Crippen molar-refractivity contribution in [1.82, 2.24) is 19.7 Å². The Labute approximate surface area is 131 Å². The normalized spacial score (nSPS) is 22.4. The molecule has 0 amide bonds. The highest BCUT2D eigenvalue weighted by Crippen LogP contribution is 2.33. The van der Waals surface area contributed by atoms with Gasteiger partial charge in [0.1, 0.15) is 0 Å². The number of hydrogen-bond donors (Lipinski definition) is 0. The lowest BCUT2D eigenvalue weighted by atomic mass is 9.90. The summed E-state index contributed by atoms with van der Waals surface area (Å²) in [7, 11) is 2.00. The molecule has 2 saturated heterocycles. The van der Waals surface area contributed by atoms with Gasteiger partial charge in [-0.2, -0.15) is 5.10 Å². The molecule has 22 heavy (non-hydrogen) atoms. The van der Waals surface area contributed by atoms with Crippen molar-refractivity contribution in [2.24, 2.45) is 7.05 Å². The summed E-state index contributed by atoms with van der Waals surface area (Å²) in [4.78, 5) is 7.13. The van der Waals surface area contributed by atoms with Crippen LogP contribution in [0.15, 0.2) is 18.3 Å². The Morgan fingerprint density at radius 3 is 2.68 bits per heavy atom. The molecule has 2 aliphatic heterocycles. The second kappa shape index (κ2) is 5.97. The lowest BCUT2D eigenvalue weighted by Crippen LogP contribution is -2.43. The Morgan fingerprint density at radius 2 is 1.91 bits per heavy atom. The van der Waals surface area contributed by atoms with Crippen molar-refractivity contribution in [3.8, 4) is 0 Å². The van der Waals surface area contributed by atoms with E-state index in [9.17, 15) is 0 Å². The van der Waals surface area contributed by atoms with Crippen LogP contribution in [0.2, 0.25) is 0 Å². The van der Waals surface area contributed by atoms with E-state index in [0.29, 0.717) is 5.92 Å². The SMILES string of the molecule is Cn1nc(C2CCN(C3CCOCC3)CC2)c2cccnc21. The lowest BCUT2D eigenvalue weighted by Gasteiger charge is -2.38. The van der Waals surface area contributed by atoms with Gasteiger partial charge >= 0.3 is 0 Å². The van der Waals surface area contributed by atoms with Gasteiger partial charge in [-0.05, 0) is 50.9 Å². The first kappa shape index (κ1) is 14.2. The van der Waals surface area contributed by atoms with Gasteiger partial charge in [-0.3, -0.25) is 4.68 Å². The Bertz CT molecular complexity index is 639. The molecule has 2 aromatic rings. The van der Waals surface area contributed by atoms with Crippen LogP contribution in [0.25, 0.3) is 11.0 Å². The van der Waals surface area contributed by atoms with E-state index in [4.69, 9.17) is 9.84 Å². The van der Waals surface area contributed by atoms with E-state index in [-0.39, 0.29) is 0 Å². The number of piperidine rings is 1. The van der Waals surface area contributed by atoms with Gasteiger partial charge in [0, 0.05) is 43.8 Å². The van der Waals surface area contributed by atoms with Gasteiger partial charge in [0.25, 0.3) is 0 Å². The minimum absolute atomic E-state index is 0.573. The van der Waals surface area contributed by atoms with E-state index in [0.717, 1.165) is 24.9 Å². The van der Waals surface area contributed by atoms with Crippen LogP contribution in [0.5, 0.6) is 0 Å². The second-order valence-corrected chi connectivity index (χ2v) is 6.54. The fraction of sp³-hybridized carbons (Fsp3) is 0.647. The molecular formula is C17H24N4O. The average Bonchev–Trinajstić information content (AvgIpc) is 2.93. The van der Waals surface area contributed by atoms with Crippen LogP contribution in [0.1, 0.15) is 37.3 Å². The van der Waals surface area contributed by atoms with Crippen molar-refractivity contribution in [3.63, 3.8) is 0 Å². The van der Waals surface area contributed by atoms with Gasteiger partial charge in [-0.15, -0.1) is 0 Å². The molecule has 5 heteroatoms. The van der Waals surface area contributed by atoms with Crippen LogP contribution >= 0.6 is 0 Å². The molecule has 118 valence electrons. The highest BCUT2D eigenvalue weighted by Gasteiger charge is 2.29. The second-order valence-electron chi connectivity index (χ2n) is 6.54. The molecule has 0 spiro atoms. The van der Waals surface area contributed by atoms with Gasteiger partial charge in [-0.1, -0.05) is 0 Å². The summed E-state index contributed by atoms with van der Waals surface area (Å²) < 4.78 is 7.41. The van der Waals surface area contributed by atoms with Crippen molar-refractivity contribution in [3.05, 3.63) is 24.0 Å². The van der Waals surface area contributed by atoms with Gasteiger partial charge < -0.3 is 9.64 Å². The maximum absolute atomic E-state index is 5.49. The molecule has 0 aliphatic carbocycles. The Morgan fingerprint density at radius 1 is 1.14 bits per heavy atom. The topological polar surface area (TPSA) is 43.2 Å². The molecule has 0 N–H and O–H groups in total. The molecule has 4 rings (SSSR count). The molecular weight excluding hydrogens is 276 g/mol. The minimum atomic E-state index is 0.573. The first-order chi connectivity index (χ1) is 10.8. The average molecular weight is 300 g/mol. The fourth-order valence-corrected chi connectivity index (χ4v) is 4.01. The molecule has 2 aromatic heterocycles. The Kier molecular flexibility index (Phi) is 3.84. The molecule has 0 atom stereocenters. The Hall–Kier alpha value is -1.46. The van der Waals surface area contributed by atoms with E-state index in [1.165, 1.54) is 49.9 Å². The summed E-state index contributed by atoms with van der Waals surface area (Å²) in [6.07, 6.45) is 6.65. The maximum Gasteiger partial charge on any atom is 0.157 e. The number of rotatable bonds is 2. The number of hydrogen-bond acceptors (Lipinski definition) is 4. The van der Waals surface area contributed by atoms with E-state index >= 15 is 0 Å². The summed E-state index contributed by atoms with van der Waals surface area (Å²) in [5, 5.41) is 6.00. The van der Waals surface area contributed by atoms with Crippen molar-refractivity contribution >= 4 is 11.0 Å². The summed E-state index contributed by atoms with van der Waals surface area (Å²) in [5.41, 5.74) is 2.25. The van der Waals surface area contributed by atoms with E-state index < -0.39 is 0 Å². The van der Waals surface area contributed by atoms with Gasteiger partial charge in [0.05, 0.1) is 5.69 Å². The number of likely N-dealkylation sites (tertiary alicyclic amines) is 1. The number of fused-ring (bicyclic) bond motifs is 1. The zero-order chi connectivity index (χ0) is 14.9. The van der Waals surface area contributed by atoms with Gasteiger partial charge in [-0.25, -0.2) is 4.98 Å². The number of nitrogens with zero attached hydrogens (tertiary/aromatic N) is 4. The molecule has 0 aromatic carbocycles. The predicted octanol–water partition coefficient (Wildman–Crippen LogP) is 2.33. The molecule has 0 saturated carbocycles. The number of pyridine rings is 1. The number of aromatic nitrogens is 3. The van der Waals surface area contributed by atoms with Crippen molar-refractivity contribution in [1.29, 1.82) is 0 Å². The molecule has 0 unspecified atom stereocenters. The Balaban J connectivity index is 1.48. The number of ether oxygens (including phenoxy) is 1. The van der Waals surface area contributed by atoms with Crippen LogP contribution < -0.4 is 0 Å². The largest absolute Gasteiger partial charge is 0.381 e. The summed E-state index contributed by atoms with van der Waals surface area (Å²) in [6, 6.07) is 4.91. The van der Waals surface area contributed by atoms with E-state index in [1.807, 2.05) is 24.0 Å². The first-order valence-electron chi connectivity index (χ1n) is 8.42. The summed E-state index contributed by atoms with van der Waals surface area (Å²) in [6.45, 7) is 4.24. The molecule has 0 radical (unpaired) electrons. The molecule has 5 nitrogen and oxygen atoms in total. The van der Waals surface area contributed by atoms with Crippen LogP contribution in [0, 0.1) is 0 Å². The molecule has 2 aliphatic rings.